The zero-order chi connectivity index (χ0) is 27.1. The van der Waals surface area contributed by atoms with Gasteiger partial charge in [-0.25, -0.2) is 4.57 Å². The van der Waals surface area contributed by atoms with Crippen molar-refractivity contribution in [2.75, 3.05) is 0 Å². The number of phosphoric acid groups is 1. The van der Waals surface area contributed by atoms with E-state index in [9.17, 15) is 9.46 Å². The molecule has 0 radical (unpaired) electrons. The van der Waals surface area contributed by atoms with Crippen LogP contribution in [0.4, 0.5) is 0 Å². The molecule has 0 saturated heterocycles. The fourth-order valence-corrected chi connectivity index (χ4v) is 6.26. The third-order valence-corrected chi connectivity index (χ3v) is 7.72. The Hall–Kier alpha value is -3.95. The lowest BCUT2D eigenvalue weighted by atomic mass is 9.76. The van der Waals surface area contributed by atoms with Crippen molar-refractivity contribution in [3.05, 3.63) is 151 Å². The minimum Gasteiger partial charge on any atom is -0.404 e. The van der Waals surface area contributed by atoms with E-state index in [1.54, 1.807) is 24.3 Å². The smallest absolute Gasteiger partial charge is 0.404 e. The topological polar surface area (TPSA) is 55.8 Å². The molecule has 0 aliphatic rings. The summed E-state index contributed by atoms with van der Waals surface area (Å²) in [5.74, 6) is 0.265. The molecule has 5 aromatic rings. The first-order valence-electron chi connectivity index (χ1n) is 13.1. The fraction of sp³-hybridized carbons (Fsp3) is 0.118. The van der Waals surface area contributed by atoms with Crippen molar-refractivity contribution in [2.45, 2.75) is 25.4 Å². The van der Waals surface area contributed by atoms with Gasteiger partial charge in [-0.05, 0) is 51.9 Å². The maximum Gasteiger partial charge on any atom is 0.528 e. The van der Waals surface area contributed by atoms with Gasteiger partial charge in [-0.3, -0.25) is 9.42 Å². The lowest BCUT2D eigenvalue weighted by Crippen LogP contribution is -2.32. The summed E-state index contributed by atoms with van der Waals surface area (Å²) in [7, 11) is -4.62. The van der Waals surface area contributed by atoms with Crippen LogP contribution >= 0.6 is 7.82 Å². The van der Waals surface area contributed by atoms with Gasteiger partial charge in [0.1, 0.15) is 11.4 Å². The average molecular weight is 535 g/mol. The summed E-state index contributed by atoms with van der Waals surface area (Å²) in [5.41, 5.74) is 4.13. The second-order valence-electron chi connectivity index (χ2n) is 9.36. The van der Waals surface area contributed by atoms with Crippen LogP contribution in [0.3, 0.4) is 0 Å². The summed E-state index contributed by atoms with van der Waals surface area (Å²) >= 11 is 0. The Balaban J connectivity index is 1.77. The predicted octanol–water partition coefficient (Wildman–Crippen LogP) is 9.26. The minimum absolute atomic E-state index is 0.265. The molecule has 0 fully saturated rings. The molecule has 0 spiro atoms. The first kappa shape index (κ1) is 26.6. The van der Waals surface area contributed by atoms with Crippen LogP contribution in [0, 0.1) is 0 Å². The standard InChI is InChI=1S/C34H31O4P/c1-2-26-34(38-39(35,36)37-29-20-10-5-11-21-29,32-24-14-12-22-30(32)27-16-6-3-7-17-27)33-25-15-13-23-31(33)28-18-8-4-9-19-28/h3-25H,2,26H2,1H3,(H,35,36). The summed E-state index contributed by atoms with van der Waals surface area (Å²) in [5, 5.41) is 0. The van der Waals surface area contributed by atoms with Crippen LogP contribution in [-0.4, -0.2) is 4.89 Å². The fourth-order valence-electron chi connectivity index (χ4n) is 5.15. The normalized spacial score (nSPS) is 13.0. The molecular formula is C34H31O4P. The van der Waals surface area contributed by atoms with E-state index in [1.165, 1.54) is 0 Å². The lowest BCUT2D eigenvalue weighted by Gasteiger charge is -2.38. The van der Waals surface area contributed by atoms with Crippen molar-refractivity contribution >= 4 is 7.82 Å². The van der Waals surface area contributed by atoms with Crippen LogP contribution in [0.2, 0.25) is 0 Å². The number of phosphoric ester groups is 1. The number of hydrogen-bond donors (Lipinski definition) is 1. The van der Waals surface area contributed by atoms with Crippen molar-refractivity contribution in [1.82, 2.24) is 0 Å². The van der Waals surface area contributed by atoms with Gasteiger partial charge in [0, 0.05) is 0 Å². The second kappa shape index (κ2) is 11.8. The Morgan fingerprint density at radius 2 is 1.03 bits per heavy atom. The second-order valence-corrected chi connectivity index (χ2v) is 10.7. The van der Waals surface area contributed by atoms with Crippen LogP contribution in [0.1, 0.15) is 30.9 Å². The Morgan fingerprint density at radius 3 is 1.49 bits per heavy atom. The molecule has 5 aromatic carbocycles. The van der Waals surface area contributed by atoms with Gasteiger partial charge in [0.15, 0.2) is 0 Å². The van der Waals surface area contributed by atoms with Crippen LogP contribution in [0.25, 0.3) is 22.3 Å². The Kier molecular flexibility index (Phi) is 8.09. The van der Waals surface area contributed by atoms with Gasteiger partial charge < -0.3 is 4.52 Å². The number of para-hydroxylation sites is 1. The predicted molar refractivity (Wildman–Crippen MR) is 157 cm³/mol. The molecule has 39 heavy (non-hydrogen) atoms. The number of hydrogen-bond acceptors (Lipinski definition) is 3. The molecule has 0 saturated carbocycles. The van der Waals surface area contributed by atoms with Gasteiger partial charge >= 0.3 is 7.82 Å². The van der Waals surface area contributed by atoms with E-state index in [0.29, 0.717) is 12.8 Å². The van der Waals surface area contributed by atoms with Gasteiger partial charge in [-0.2, -0.15) is 0 Å². The first-order valence-corrected chi connectivity index (χ1v) is 14.6. The van der Waals surface area contributed by atoms with Crippen LogP contribution in [-0.2, 0) is 14.7 Å². The maximum absolute atomic E-state index is 13.8. The maximum atomic E-state index is 13.8. The lowest BCUT2D eigenvalue weighted by molar-refractivity contribution is 0.0611. The molecule has 4 nitrogen and oxygen atoms in total. The van der Waals surface area contributed by atoms with E-state index in [2.05, 4.69) is 6.92 Å². The number of benzene rings is 5. The zero-order valence-electron chi connectivity index (χ0n) is 21.8. The van der Waals surface area contributed by atoms with Crippen LogP contribution in [0.5, 0.6) is 5.75 Å². The summed E-state index contributed by atoms with van der Waals surface area (Å²) in [6.07, 6.45) is 1.14. The number of rotatable bonds is 10. The van der Waals surface area contributed by atoms with E-state index < -0.39 is 13.4 Å². The van der Waals surface area contributed by atoms with Crippen molar-refractivity contribution < 1.29 is 18.5 Å². The van der Waals surface area contributed by atoms with Crippen molar-refractivity contribution in [1.29, 1.82) is 0 Å². The molecule has 5 heteroatoms. The SMILES string of the molecule is CCCC(OP(=O)(O)Oc1ccccc1)(c1ccccc1-c1ccccc1)c1ccccc1-c1ccccc1. The van der Waals surface area contributed by atoms with E-state index in [4.69, 9.17) is 9.05 Å². The van der Waals surface area contributed by atoms with Crippen LogP contribution in [0.15, 0.2) is 140 Å². The molecular weight excluding hydrogens is 503 g/mol. The highest BCUT2D eigenvalue weighted by Gasteiger charge is 2.45. The summed E-state index contributed by atoms with van der Waals surface area (Å²) in [4.78, 5) is 11.3. The minimum atomic E-state index is -4.62. The first-order chi connectivity index (χ1) is 19.0. The highest BCUT2D eigenvalue weighted by atomic mass is 31.2. The molecule has 0 heterocycles. The molecule has 1 atom stereocenters. The van der Waals surface area contributed by atoms with Gasteiger partial charge in [-0.1, -0.05) is 141 Å². The molecule has 0 aromatic heterocycles. The van der Waals surface area contributed by atoms with Crippen molar-refractivity contribution in [3.8, 4) is 28.0 Å². The van der Waals surface area contributed by atoms with Gasteiger partial charge in [-0.15, -0.1) is 0 Å². The highest BCUT2D eigenvalue weighted by molar-refractivity contribution is 7.47. The Labute approximate surface area is 230 Å². The van der Waals surface area contributed by atoms with Crippen molar-refractivity contribution in [3.63, 3.8) is 0 Å². The molecule has 5 rings (SSSR count). The third kappa shape index (κ3) is 5.89. The van der Waals surface area contributed by atoms with Crippen LogP contribution < -0.4 is 4.52 Å². The third-order valence-electron chi connectivity index (χ3n) is 6.73. The summed E-state index contributed by atoms with van der Waals surface area (Å²) in [6, 6.07) is 44.6. The Morgan fingerprint density at radius 1 is 0.615 bits per heavy atom. The largest absolute Gasteiger partial charge is 0.528 e. The van der Waals surface area contributed by atoms with Gasteiger partial charge in [0.2, 0.25) is 0 Å². The monoisotopic (exact) mass is 534 g/mol. The van der Waals surface area contributed by atoms with E-state index in [0.717, 1.165) is 33.4 Å². The summed E-state index contributed by atoms with van der Waals surface area (Å²) < 4.78 is 25.9. The van der Waals surface area contributed by atoms with E-state index >= 15 is 0 Å². The Bertz CT molecular complexity index is 1470. The molecule has 196 valence electrons. The molecule has 0 amide bonds. The molecule has 1 N–H and O–H groups in total. The van der Waals surface area contributed by atoms with E-state index in [-0.39, 0.29) is 5.75 Å². The molecule has 1 unspecified atom stereocenters. The summed E-state index contributed by atoms with van der Waals surface area (Å²) in [6.45, 7) is 2.05. The average Bonchev–Trinajstić information content (AvgIpc) is 2.98. The van der Waals surface area contributed by atoms with Crippen molar-refractivity contribution in [2.24, 2.45) is 0 Å². The molecule has 0 aliphatic heterocycles. The van der Waals surface area contributed by atoms with Gasteiger partial charge in [0.05, 0.1) is 0 Å². The van der Waals surface area contributed by atoms with Gasteiger partial charge in [0.25, 0.3) is 0 Å². The molecule has 0 bridgehead atoms. The molecule has 0 aliphatic carbocycles. The van der Waals surface area contributed by atoms with E-state index in [1.807, 2.05) is 115 Å². The zero-order valence-corrected chi connectivity index (χ0v) is 22.7. The quantitative estimate of drug-likeness (QED) is 0.181. The highest BCUT2D eigenvalue weighted by Crippen LogP contribution is 2.56.